The maximum Gasteiger partial charge on any atom is 0.323 e. The molecule has 0 spiro atoms. The first kappa shape index (κ1) is 16.9. The minimum Gasteiger partial charge on any atom is -0.502 e. The molecule has 0 aliphatic rings. The van der Waals surface area contributed by atoms with Crippen LogP contribution in [0.4, 0.5) is 5.69 Å². The van der Waals surface area contributed by atoms with Crippen LogP contribution < -0.4 is 5.73 Å². The van der Waals surface area contributed by atoms with Crippen molar-refractivity contribution in [3.8, 4) is 5.75 Å². The van der Waals surface area contributed by atoms with Crippen molar-refractivity contribution in [2.75, 3.05) is 6.61 Å². The average Bonchev–Trinajstić information content (AvgIpc) is 2.40. The lowest BCUT2D eigenvalue weighted by Crippen LogP contribution is -2.34. The third-order valence-corrected chi connectivity index (χ3v) is 3.08. The first-order chi connectivity index (χ1) is 9.77. The molecule has 7 heteroatoms. The molecule has 1 aromatic carbocycles. The lowest BCUT2D eigenvalue weighted by molar-refractivity contribution is -0.386. The summed E-state index contributed by atoms with van der Waals surface area (Å²) >= 11 is 0. The second kappa shape index (κ2) is 7.03. The van der Waals surface area contributed by atoms with E-state index in [4.69, 9.17) is 10.5 Å². The summed E-state index contributed by atoms with van der Waals surface area (Å²) in [6.07, 6.45) is -0.0218. The van der Waals surface area contributed by atoms with Crippen LogP contribution in [0.2, 0.25) is 0 Å². The molecule has 0 saturated heterocycles. The molecule has 116 valence electrons. The third kappa shape index (κ3) is 4.16. The molecule has 1 unspecified atom stereocenters. The summed E-state index contributed by atoms with van der Waals surface area (Å²) in [6.45, 7) is 5.62. The monoisotopic (exact) mass is 296 g/mol. The van der Waals surface area contributed by atoms with Crippen LogP contribution in [-0.2, 0) is 16.0 Å². The van der Waals surface area contributed by atoms with Crippen molar-refractivity contribution in [3.63, 3.8) is 0 Å². The van der Waals surface area contributed by atoms with Crippen LogP contribution >= 0.6 is 0 Å². The number of phenolic OH excluding ortho intramolecular Hbond substituents is 1. The lowest BCUT2D eigenvalue weighted by atomic mass is 9.96. The summed E-state index contributed by atoms with van der Waals surface area (Å²) in [6, 6.07) is 1.99. The number of nitro groups is 1. The molecule has 1 aromatic rings. The number of esters is 1. The van der Waals surface area contributed by atoms with E-state index in [-0.39, 0.29) is 30.2 Å². The number of nitro benzene ring substituents is 1. The molecule has 0 amide bonds. The van der Waals surface area contributed by atoms with Crippen LogP contribution in [-0.4, -0.2) is 28.6 Å². The van der Waals surface area contributed by atoms with Gasteiger partial charge in [0.2, 0.25) is 0 Å². The highest BCUT2D eigenvalue weighted by atomic mass is 16.6. The standard InChI is InChI=1S/C14H20N2O5/c1-4-21-14(18)11(15)6-10-5-9(8(2)3)7-12(13(10)17)16(19)20/h5,7-8,11,17H,4,6,15H2,1-3H3. The van der Waals surface area contributed by atoms with Crippen molar-refractivity contribution < 1.29 is 19.6 Å². The Morgan fingerprint density at radius 2 is 2.10 bits per heavy atom. The van der Waals surface area contributed by atoms with Gasteiger partial charge in [0.15, 0.2) is 5.75 Å². The Kier molecular flexibility index (Phi) is 5.66. The van der Waals surface area contributed by atoms with Crippen molar-refractivity contribution in [2.45, 2.75) is 39.2 Å². The number of carbonyl (C=O) groups is 1. The SMILES string of the molecule is CCOC(=O)C(N)Cc1cc(C(C)C)cc([N+](=O)[O-])c1O. The Morgan fingerprint density at radius 3 is 2.57 bits per heavy atom. The Bertz CT molecular complexity index is 542. The first-order valence-corrected chi connectivity index (χ1v) is 6.70. The number of hydrogen-bond donors (Lipinski definition) is 2. The van der Waals surface area contributed by atoms with Gasteiger partial charge in [0.25, 0.3) is 0 Å². The van der Waals surface area contributed by atoms with E-state index in [0.717, 1.165) is 0 Å². The second-order valence-electron chi connectivity index (χ2n) is 5.02. The van der Waals surface area contributed by atoms with E-state index in [0.29, 0.717) is 5.56 Å². The number of hydrogen-bond acceptors (Lipinski definition) is 6. The highest BCUT2D eigenvalue weighted by molar-refractivity contribution is 5.76. The molecule has 0 heterocycles. The molecule has 0 fully saturated rings. The smallest absolute Gasteiger partial charge is 0.323 e. The number of benzene rings is 1. The van der Waals surface area contributed by atoms with E-state index < -0.39 is 22.7 Å². The Morgan fingerprint density at radius 1 is 1.48 bits per heavy atom. The van der Waals surface area contributed by atoms with E-state index in [1.807, 2.05) is 13.8 Å². The fourth-order valence-corrected chi connectivity index (χ4v) is 1.90. The van der Waals surface area contributed by atoms with Gasteiger partial charge in [0.05, 0.1) is 11.5 Å². The van der Waals surface area contributed by atoms with Crippen molar-refractivity contribution in [2.24, 2.45) is 5.73 Å². The van der Waals surface area contributed by atoms with Gasteiger partial charge < -0.3 is 15.6 Å². The maximum atomic E-state index is 11.5. The van der Waals surface area contributed by atoms with Crippen LogP contribution in [0.3, 0.4) is 0 Å². The highest BCUT2D eigenvalue weighted by Gasteiger charge is 2.24. The van der Waals surface area contributed by atoms with Crippen LogP contribution in [0, 0.1) is 10.1 Å². The van der Waals surface area contributed by atoms with Gasteiger partial charge in [0.1, 0.15) is 6.04 Å². The summed E-state index contributed by atoms with van der Waals surface area (Å²) < 4.78 is 4.79. The predicted octanol–water partition coefficient (Wildman–Crippen LogP) is 1.86. The molecular formula is C14H20N2O5. The van der Waals surface area contributed by atoms with E-state index in [9.17, 15) is 20.0 Å². The van der Waals surface area contributed by atoms with Crippen molar-refractivity contribution >= 4 is 11.7 Å². The largest absolute Gasteiger partial charge is 0.502 e. The number of aromatic hydroxyl groups is 1. The van der Waals surface area contributed by atoms with Crippen LogP contribution in [0.15, 0.2) is 12.1 Å². The zero-order chi connectivity index (χ0) is 16.2. The Balaban J connectivity index is 3.16. The van der Waals surface area contributed by atoms with Gasteiger partial charge in [-0.3, -0.25) is 14.9 Å². The van der Waals surface area contributed by atoms with Gasteiger partial charge in [0, 0.05) is 18.1 Å². The molecule has 0 radical (unpaired) electrons. The Labute approximate surface area is 122 Å². The van der Waals surface area contributed by atoms with Gasteiger partial charge in [-0.2, -0.15) is 0 Å². The van der Waals surface area contributed by atoms with Crippen LogP contribution in [0.1, 0.15) is 37.8 Å². The summed E-state index contributed by atoms with van der Waals surface area (Å²) in [7, 11) is 0. The minimum absolute atomic E-state index is 0.0218. The molecule has 0 saturated carbocycles. The third-order valence-electron chi connectivity index (χ3n) is 3.08. The number of rotatable bonds is 6. The van der Waals surface area contributed by atoms with Crippen molar-refractivity contribution in [1.82, 2.24) is 0 Å². The van der Waals surface area contributed by atoms with E-state index in [1.54, 1.807) is 13.0 Å². The van der Waals surface area contributed by atoms with E-state index >= 15 is 0 Å². The topological polar surface area (TPSA) is 116 Å². The average molecular weight is 296 g/mol. The van der Waals surface area contributed by atoms with Crippen molar-refractivity contribution in [1.29, 1.82) is 0 Å². The quantitative estimate of drug-likeness (QED) is 0.470. The minimum atomic E-state index is -0.974. The summed E-state index contributed by atoms with van der Waals surface area (Å²) in [5, 5.41) is 21.0. The van der Waals surface area contributed by atoms with E-state index in [1.165, 1.54) is 6.07 Å². The molecule has 21 heavy (non-hydrogen) atoms. The van der Waals surface area contributed by atoms with E-state index in [2.05, 4.69) is 0 Å². The molecule has 0 aromatic heterocycles. The maximum absolute atomic E-state index is 11.5. The number of nitrogens with zero attached hydrogens (tertiary/aromatic N) is 1. The fraction of sp³-hybridized carbons (Fsp3) is 0.500. The molecule has 1 atom stereocenters. The van der Waals surface area contributed by atoms with Gasteiger partial charge in [-0.15, -0.1) is 0 Å². The summed E-state index contributed by atoms with van der Waals surface area (Å²) in [5.74, 6) is -1.01. The number of carbonyl (C=O) groups excluding carboxylic acids is 1. The molecular weight excluding hydrogens is 276 g/mol. The molecule has 0 aliphatic heterocycles. The predicted molar refractivity (Wildman–Crippen MR) is 77.2 cm³/mol. The van der Waals surface area contributed by atoms with Crippen LogP contribution in [0.5, 0.6) is 5.75 Å². The summed E-state index contributed by atoms with van der Waals surface area (Å²) in [5.41, 5.74) is 6.29. The van der Waals surface area contributed by atoms with Crippen molar-refractivity contribution in [3.05, 3.63) is 33.4 Å². The van der Waals surface area contributed by atoms with Gasteiger partial charge in [-0.1, -0.05) is 19.9 Å². The fourth-order valence-electron chi connectivity index (χ4n) is 1.90. The Hall–Kier alpha value is -2.15. The van der Waals surface area contributed by atoms with Gasteiger partial charge in [-0.25, -0.2) is 0 Å². The first-order valence-electron chi connectivity index (χ1n) is 6.70. The molecule has 3 N–H and O–H groups in total. The second-order valence-corrected chi connectivity index (χ2v) is 5.02. The molecule has 7 nitrogen and oxygen atoms in total. The zero-order valence-corrected chi connectivity index (χ0v) is 12.3. The molecule has 1 rings (SSSR count). The van der Waals surface area contributed by atoms with Crippen LogP contribution in [0.25, 0.3) is 0 Å². The zero-order valence-electron chi connectivity index (χ0n) is 12.3. The van der Waals surface area contributed by atoms with Gasteiger partial charge in [-0.05, 0) is 18.4 Å². The highest BCUT2D eigenvalue weighted by Crippen LogP contribution is 2.34. The number of nitrogens with two attached hydrogens (primary N) is 1. The summed E-state index contributed by atoms with van der Waals surface area (Å²) in [4.78, 5) is 21.9. The number of ether oxygens (including phenoxy) is 1. The normalized spacial score (nSPS) is 12.2. The lowest BCUT2D eigenvalue weighted by Gasteiger charge is -2.14. The molecule has 0 aliphatic carbocycles. The number of phenols is 1. The molecule has 0 bridgehead atoms. The van der Waals surface area contributed by atoms with Gasteiger partial charge >= 0.3 is 11.7 Å².